The first-order chi connectivity index (χ1) is 11.7. The van der Waals surface area contributed by atoms with Crippen molar-refractivity contribution in [1.29, 1.82) is 0 Å². The predicted molar refractivity (Wildman–Crippen MR) is 89.4 cm³/mol. The van der Waals surface area contributed by atoms with Gasteiger partial charge in [-0.3, -0.25) is 4.79 Å². The number of aromatic nitrogens is 1. The summed E-state index contributed by atoms with van der Waals surface area (Å²) in [5.41, 5.74) is 3.32. The zero-order chi connectivity index (χ0) is 16.9. The number of rotatable bonds is 6. The largest absolute Gasteiger partial charge is 0.493 e. The highest BCUT2D eigenvalue weighted by Crippen LogP contribution is 2.29. The average Bonchev–Trinajstić information content (AvgIpc) is 3.09. The Morgan fingerprint density at radius 3 is 2.58 bits per heavy atom. The first-order valence-electron chi connectivity index (χ1n) is 7.48. The van der Waals surface area contributed by atoms with Crippen LogP contribution in [0.15, 0.2) is 53.1 Å². The van der Waals surface area contributed by atoms with Crippen LogP contribution in [0.3, 0.4) is 0 Å². The minimum absolute atomic E-state index is 0.216. The maximum absolute atomic E-state index is 10.9. The van der Waals surface area contributed by atoms with Crippen LogP contribution in [0.4, 0.5) is 0 Å². The SMILES string of the molecule is COc1ccc(C=O)cc1OCc1cc(-c2ccc(C)cc2)on1. The van der Waals surface area contributed by atoms with E-state index in [0.717, 1.165) is 11.8 Å². The molecule has 0 aliphatic heterocycles. The Labute approximate surface area is 139 Å². The van der Waals surface area contributed by atoms with Gasteiger partial charge in [0.05, 0.1) is 7.11 Å². The molecule has 5 nitrogen and oxygen atoms in total. The summed E-state index contributed by atoms with van der Waals surface area (Å²) in [6.07, 6.45) is 0.762. The third-order valence-electron chi connectivity index (χ3n) is 3.59. The lowest BCUT2D eigenvalue weighted by atomic mass is 10.1. The smallest absolute Gasteiger partial charge is 0.167 e. The molecular weight excluding hydrogens is 306 g/mol. The van der Waals surface area contributed by atoms with Gasteiger partial charge >= 0.3 is 0 Å². The quantitative estimate of drug-likeness (QED) is 0.640. The van der Waals surface area contributed by atoms with Gasteiger partial charge < -0.3 is 14.0 Å². The van der Waals surface area contributed by atoms with E-state index in [1.807, 2.05) is 37.3 Å². The van der Waals surface area contributed by atoms with Gasteiger partial charge in [0, 0.05) is 17.2 Å². The molecule has 24 heavy (non-hydrogen) atoms. The molecule has 0 aliphatic carbocycles. The molecule has 0 radical (unpaired) electrons. The number of methoxy groups -OCH3 is 1. The summed E-state index contributed by atoms with van der Waals surface area (Å²) in [4.78, 5) is 10.9. The van der Waals surface area contributed by atoms with E-state index in [9.17, 15) is 4.79 Å². The topological polar surface area (TPSA) is 61.6 Å². The summed E-state index contributed by atoms with van der Waals surface area (Å²) in [7, 11) is 1.55. The van der Waals surface area contributed by atoms with Gasteiger partial charge in [0.25, 0.3) is 0 Å². The molecule has 0 unspecified atom stereocenters. The number of hydrogen-bond acceptors (Lipinski definition) is 5. The summed E-state index contributed by atoms with van der Waals surface area (Å²) in [5, 5.41) is 4.02. The van der Waals surface area contributed by atoms with Crippen LogP contribution < -0.4 is 9.47 Å². The molecule has 1 heterocycles. The predicted octanol–water partition coefficient (Wildman–Crippen LogP) is 4.05. The molecule has 2 aromatic carbocycles. The molecule has 3 aromatic rings. The number of aldehydes is 1. The Kier molecular flexibility index (Phi) is 4.61. The zero-order valence-electron chi connectivity index (χ0n) is 13.5. The van der Waals surface area contributed by atoms with Crippen molar-refractivity contribution in [3.05, 3.63) is 65.4 Å². The molecule has 0 N–H and O–H groups in total. The Hall–Kier alpha value is -3.08. The Morgan fingerprint density at radius 1 is 1.08 bits per heavy atom. The number of aryl methyl sites for hydroxylation is 1. The number of hydrogen-bond donors (Lipinski definition) is 0. The Morgan fingerprint density at radius 2 is 1.88 bits per heavy atom. The highest BCUT2D eigenvalue weighted by Gasteiger charge is 2.10. The lowest BCUT2D eigenvalue weighted by Crippen LogP contribution is -1.98. The summed E-state index contributed by atoms with van der Waals surface area (Å²) >= 11 is 0. The van der Waals surface area contributed by atoms with Gasteiger partial charge in [-0.15, -0.1) is 0 Å². The molecule has 1 aromatic heterocycles. The van der Waals surface area contributed by atoms with Gasteiger partial charge in [-0.25, -0.2) is 0 Å². The summed E-state index contributed by atoms with van der Waals surface area (Å²) in [6, 6.07) is 14.8. The van der Waals surface area contributed by atoms with Crippen molar-refractivity contribution in [2.24, 2.45) is 0 Å². The number of benzene rings is 2. The molecule has 0 aliphatic rings. The van der Waals surface area contributed by atoms with Gasteiger partial charge in [-0.1, -0.05) is 35.0 Å². The summed E-state index contributed by atoms with van der Waals surface area (Å²) in [5.74, 6) is 1.73. The van der Waals surface area contributed by atoms with Crippen LogP contribution in [0, 0.1) is 6.92 Å². The lowest BCUT2D eigenvalue weighted by molar-refractivity contribution is 0.112. The number of ether oxygens (including phenoxy) is 2. The van der Waals surface area contributed by atoms with Crippen molar-refractivity contribution >= 4 is 6.29 Å². The fraction of sp³-hybridized carbons (Fsp3) is 0.158. The van der Waals surface area contributed by atoms with Crippen molar-refractivity contribution in [1.82, 2.24) is 5.16 Å². The molecule has 3 rings (SSSR count). The molecule has 0 amide bonds. The van der Waals surface area contributed by atoms with Crippen LogP contribution in [0.1, 0.15) is 21.6 Å². The van der Waals surface area contributed by atoms with Gasteiger partial charge in [0.15, 0.2) is 17.3 Å². The number of carbonyl (C=O) groups excluding carboxylic acids is 1. The molecule has 0 atom stereocenters. The molecule has 5 heteroatoms. The first-order valence-corrected chi connectivity index (χ1v) is 7.48. The minimum atomic E-state index is 0.216. The monoisotopic (exact) mass is 323 g/mol. The second-order valence-corrected chi connectivity index (χ2v) is 5.37. The molecule has 0 bridgehead atoms. The van der Waals surface area contributed by atoms with Crippen LogP contribution in [0.25, 0.3) is 11.3 Å². The van der Waals surface area contributed by atoms with Gasteiger partial charge in [0.2, 0.25) is 0 Å². The van der Waals surface area contributed by atoms with Crippen LogP contribution in [0.5, 0.6) is 11.5 Å². The molecule has 0 saturated carbocycles. The van der Waals surface area contributed by atoms with Crippen LogP contribution >= 0.6 is 0 Å². The van der Waals surface area contributed by atoms with E-state index in [4.69, 9.17) is 14.0 Å². The maximum atomic E-state index is 10.9. The third-order valence-corrected chi connectivity index (χ3v) is 3.59. The third kappa shape index (κ3) is 3.46. The lowest BCUT2D eigenvalue weighted by Gasteiger charge is -2.09. The number of nitrogens with zero attached hydrogens (tertiary/aromatic N) is 1. The van der Waals surface area contributed by atoms with Crippen molar-refractivity contribution in [2.45, 2.75) is 13.5 Å². The maximum Gasteiger partial charge on any atom is 0.167 e. The van der Waals surface area contributed by atoms with E-state index in [2.05, 4.69) is 5.16 Å². The first kappa shape index (κ1) is 15.8. The Bertz CT molecular complexity index is 837. The molecular formula is C19H17NO4. The van der Waals surface area contributed by atoms with Crippen LogP contribution in [0.2, 0.25) is 0 Å². The van der Waals surface area contributed by atoms with E-state index < -0.39 is 0 Å². The van der Waals surface area contributed by atoms with Crippen molar-refractivity contribution < 1.29 is 18.8 Å². The summed E-state index contributed by atoms with van der Waals surface area (Å²) in [6.45, 7) is 2.25. The average molecular weight is 323 g/mol. The van der Waals surface area contributed by atoms with Crippen LogP contribution in [-0.2, 0) is 6.61 Å². The standard InChI is InChI=1S/C19H17NO4/c1-13-3-6-15(7-4-13)18-10-16(20-24-18)12-23-19-9-14(11-21)5-8-17(19)22-2/h3-11H,12H2,1-2H3. The molecule has 0 fully saturated rings. The Balaban J connectivity index is 1.74. The molecule has 122 valence electrons. The van der Waals surface area contributed by atoms with Gasteiger partial charge in [-0.05, 0) is 25.1 Å². The normalized spacial score (nSPS) is 10.4. The minimum Gasteiger partial charge on any atom is -0.493 e. The van der Waals surface area contributed by atoms with E-state index in [0.29, 0.717) is 28.5 Å². The van der Waals surface area contributed by atoms with Crippen molar-refractivity contribution in [3.63, 3.8) is 0 Å². The van der Waals surface area contributed by atoms with E-state index in [1.54, 1.807) is 25.3 Å². The summed E-state index contributed by atoms with van der Waals surface area (Å²) < 4.78 is 16.3. The second kappa shape index (κ2) is 7.00. The van der Waals surface area contributed by atoms with Gasteiger partial charge in [-0.2, -0.15) is 0 Å². The zero-order valence-corrected chi connectivity index (χ0v) is 13.5. The highest BCUT2D eigenvalue weighted by atomic mass is 16.5. The second-order valence-electron chi connectivity index (χ2n) is 5.37. The fourth-order valence-corrected chi connectivity index (χ4v) is 2.26. The van der Waals surface area contributed by atoms with E-state index in [-0.39, 0.29) is 6.61 Å². The van der Waals surface area contributed by atoms with E-state index in [1.165, 1.54) is 5.56 Å². The van der Waals surface area contributed by atoms with Gasteiger partial charge in [0.1, 0.15) is 18.6 Å². The van der Waals surface area contributed by atoms with Crippen LogP contribution in [-0.4, -0.2) is 18.6 Å². The van der Waals surface area contributed by atoms with E-state index >= 15 is 0 Å². The fourth-order valence-electron chi connectivity index (χ4n) is 2.26. The molecule has 0 spiro atoms. The highest BCUT2D eigenvalue weighted by molar-refractivity contribution is 5.76. The number of carbonyl (C=O) groups is 1. The van der Waals surface area contributed by atoms with Crippen molar-refractivity contribution in [3.8, 4) is 22.8 Å². The molecule has 0 saturated heterocycles. The van der Waals surface area contributed by atoms with Crippen molar-refractivity contribution in [2.75, 3.05) is 7.11 Å².